The van der Waals surface area contributed by atoms with E-state index in [9.17, 15) is 14.7 Å². The van der Waals surface area contributed by atoms with Crippen LogP contribution in [0.5, 0.6) is 5.75 Å². The number of aryl methyl sites for hydroxylation is 1. The number of furan rings is 1. The molecule has 0 saturated heterocycles. The molecule has 2 aromatic heterocycles. The van der Waals surface area contributed by atoms with Gasteiger partial charge < -0.3 is 18.8 Å². The monoisotopic (exact) mass is 291 g/mol. The number of pyridine rings is 1. The number of ether oxygens (including phenoxy) is 1. The molecule has 0 bridgehead atoms. The molecule has 2 heterocycles. The molecule has 1 atom stereocenters. The summed E-state index contributed by atoms with van der Waals surface area (Å²) in [5.41, 5.74) is 0.388. The van der Waals surface area contributed by atoms with Crippen molar-refractivity contribution >= 4 is 5.97 Å². The van der Waals surface area contributed by atoms with Crippen LogP contribution in [0.25, 0.3) is 0 Å². The molecule has 0 fully saturated rings. The van der Waals surface area contributed by atoms with E-state index in [2.05, 4.69) is 4.74 Å². The lowest BCUT2D eigenvalue weighted by Crippen LogP contribution is -2.26. The van der Waals surface area contributed by atoms with Crippen molar-refractivity contribution in [2.24, 2.45) is 7.05 Å². The van der Waals surface area contributed by atoms with E-state index in [1.165, 1.54) is 24.0 Å². The Morgan fingerprint density at radius 2 is 2.24 bits per heavy atom. The third-order valence-corrected chi connectivity index (χ3v) is 3.52. The Hall–Kier alpha value is -2.50. The highest BCUT2D eigenvalue weighted by Gasteiger charge is 2.27. The van der Waals surface area contributed by atoms with Gasteiger partial charge in [0.1, 0.15) is 11.5 Å². The van der Waals surface area contributed by atoms with Gasteiger partial charge in [-0.25, -0.2) is 0 Å². The Labute approximate surface area is 121 Å². The molecule has 0 amide bonds. The SMILES string of the molecule is COC(=O)CC(c1ccco1)c1c(O)cc(C)n(C)c1=O. The fourth-order valence-electron chi connectivity index (χ4n) is 2.23. The van der Waals surface area contributed by atoms with Gasteiger partial charge >= 0.3 is 5.97 Å². The molecule has 2 rings (SSSR count). The molecule has 112 valence electrons. The van der Waals surface area contributed by atoms with Gasteiger partial charge in [-0.2, -0.15) is 0 Å². The first kappa shape index (κ1) is 14.9. The van der Waals surface area contributed by atoms with Crippen LogP contribution in [0.2, 0.25) is 0 Å². The van der Waals surface area contributed by atoms with Gasteiger partial charge in [0.05, 0.1) is 31.3 Å². The molecule has 0 saturated carbocycles. The van der Waals surface area contributed by atoms with Crippen LogP contribution in [-0.4, -0.2) is 22.8 Å². The predicted octanol–water partition coefficient (Wildman–Crippen LogP) is 1.69. The predicted molar refractivity (Wildman–Crippen MR) is 75.3 cm³/mol. The molecule has 6 nitrogen and oxygen atoms in total. The van der Waals surface area contributed by atoms with Gasteiger partial charge in [-0.15, -0.1) is 0 Å². The Morgan fingerprint density at radius 3 is 2.81 bits per heavy atom. The van der Waals surface area contributed by atoms with E-state index in [-0.39, 0.29) is 23.3 Å². The van der Waals surface area contributed by atoms with Crippen molar-refractivity contribution in [2.45, 2.75) is 19.3 Å². The first-order valence-corrected chi connectivity index (χ1v) is 6.45. The average molecular weight is 291 g/mol. The van der Waals surface area contributed by atoms with Crippen LogP contribution >= 0.6 is 0 Å². The Balaban J connectivity index is 2.60. The Morgan fingerprint density at radius 1 is 1.52 bits per heavy atom. The maximum Gasteiger partial charge on any atom is 0.306 e. The third kappa shape index (κ3) is 2.84. The van der Waals surface area contributed by atoms with Crippen molar-refractivity contribution < 1.29 is 19.1 Å². The Bertz CT molecular complexity index is 700. The molecule has 0 aromatic carbocycles. The molecule has 1 N–H and O–H groups in total. The third-order valence-electron chi connectivity index (χ3n) is 3.52. The zero-order valence-electron chi connectivity index (χ0n) is 12.1. The molecular weight excluding hydrogens is 274 g/mol. The van der Waals surface area contributed by atoms with Gasteiger partial charge in [0.15, 0.2) is 0 Å². The van der Waals surface area contributed by atoms with Crippen molar-refractivity contribution in [2.75, 3.05) is 7.11 Å². The summed E-state index contributed by atoms with van der Waals surface area (Å²) in [6.07, 6.45) is 1.37. The minimum Gasteiger partial charge on any atom is -0.507 e. The number of hydrogen-bond donors (Lipinski definition) is 1. The fourth-order valence-corrected chi connectivity index (χ4v) is 2.23. The quantitative estimate of drug-likeness (QED) is 0.867. The summed E-state index contributed by atoms with van der Waals surface area (Å²) in [4.78, 5) is 24.0. The van der Waals surface area contributed by atoms with Crippen LogP contribution < -0.4 is 5.56 Å². The second-order valence-corrected chi connectivity index (χ2v) is 4.80. The second-order valence-electron chi connectivity index (χ2n) is 4.80. The largest absolute Gasteiger partial charge is 0.507 e. The van der Waals surface area contributed by atoms with E-state index in [0.29, 0.717) is 11.5 Å². The highest BCUT2D eigenvalue weighted by molar-refractivity contribution is 5.71. The molecule has 0 spiro atoms. The fraction of sp³-hybridized carbons (Fsp3) is 0.333. The van der Waals surface area contributed by atoms with E-state index < -0.39 is 11.9 Å². The van der Waals surface area contributed by atoms with Gasteiger partial charge in [0.25, 0.3) is 5.56 Å². The first-order chi connectivity index (χ1) is 9.95. The van der Waals surface area contributed by atoms with E-state index in [0.717, 1.165) is 0 Å². The number of carbonyl (C=O) groups excluding carboxylic acids is 1. The normalized spacial score (nSPS) is 12.1. The molecule has 0 aliphatic heterocycles. The minimum absolute atomic E-state index is 0.0874. The smallest absolute Gasteiger partial charge is 0.306 e. The van der Waals surface area contributed by atoms with Gasteiger partial charge in [0.2, 0.25) is 0 Å². The summed E-state index contributed by atoms with van der Waals surface area (Å²) in [7, 11) is 2.88. The summed E-state index contributed by atoms with van der Waals surface area (Å²) in [6.45, 7) is 1.72. The van der Waals surface area contributed by atoms with Crippen molar-refractivity contribution in [3.8, 4) is 5.75 Å². The van der Waals surface area contributed by atoms with Crippen LogP contribution in [0.3, 0.4) is 0 Å². The summed E-state index contributed by atoms with van der Waals surface area (Å²) in [6, 6.07) is 4.81. The summed E-state index contributed by atoms with van der Waals surface area (Å²) < 4.78 is 11.4. The van der Waals surface area contributed by atoms with E-state index in [1.807, 2.05) is 0 Å². The number of methoxy groups -OCH3 is 1. The topological polar surface area (TPSA) is 81.7 Å². The lowest BCUT2D eigenvalue weighted by Gasteiger charge is -2.16. The molecule has 21 heavy (non-hydrogen) atoms. The molecule has 0 radical (unpaired) electrons. The molecular formula is C15H17NO5. The van der Waals surface area contributed by atoms with Crippen molar-refractivity contribution in [1.82, 2.24) is 4.57 Å². The summed E-state index contributed by atoms with van der Waals surface area (Å²) >= 11 is 0. The average Bonchev–Trinajstić information content (AvgIpc) is 2.97. The van der Waals surface area contributed by atoms with Gasteiger partial charge in [-0.1, -0.05) is 0 Å². The number of nitrogens with zero attached hydrogens (tertiary/aromatic N) is 1. The first-order valence-electron chi connectivity index (χ1n) is 6.45. The van der Waals surface area contributed by atoms with Crippen LogP contribution in [0, 0.1) is 6.92 Å². The molecule has 6 heteroatoms. The maximum absolute atomic E-state index is 12.4. The maximum atomic E-state index is 12.4. The van der Waals surface area contributed by atoms with Gasteiger partial charge in [-0.05, 0) is 25.1 Å². The highest BCUT2D eigenvalue weighted by atomic mass is 16.5. The van der Waals surface area contributed by atoms with Crippen LogP contribution in [-0.2, 0) is 16.6 Å². The Kier molecular flexibility index (Phi) is 4.16. The molecule has 2 aromatic rings. The van der Waals surface area contributed by atoms with Crippen LogP contribution in [0.15, 0.2) is 33.7 Å². The van der Waals surface area contributed by atoms with Crippen LogP contribution in [0.4, 0.5) is 0 Å². The molecule has 1 unspecified atom stereocenters. The standard InChI is InChI=1S/C15H17NO5/c1-9-7-11(17)14(15(19)16(9)2)10(8-13(18)20-3)12-5-4-6-21-12/h4-7,10,17H,8H2,1-3H3. The van der Waals surface area contributed by atoms with E-state index >= 15 is 0 Å². The minimum atomic E-state index is -0.688. The summed E-state index contributed by atoms with van der Waals surface area (Å²) in [5, 5.41) is 10.1. The van der Waals surface area contributed by atoms with Crippen molar-refractivity contribution in [1.29, 1.82) is 0 Å². The molecule has 0 aliphatic rings. The highest BCUT2D eigenvalue weighted by Crippen LogP contribution is 2.32. The summed E-state index contributed by atoms with van der Waals surface area (Å²) in [5.74, 6) is -0.900. The van der Waals surface area contributed by atoms with Gasteiger partial charge in [-0.3, -0.25) is 9.59 Å². The van der Waals surface area contributed by atoms with E-state index in [1.54, 1.807) is 26.1 Å². The van der Waals surface area contributed by atoms with Crippen LogP contribution in [0.1, 0.15) is 29.4 Å². The van der Waals surface area contributed by atoms with E-state index in [4.69, 9.17) is 4.42 Å². The zero-order chi connectivity index (χ0) is 15.6. The lowest BCUT2D eigenvalue weighted by molar-refractivity contribution is -0.140. The number of rotatable bonds is 4. The lowest BCUT2D eigenvalue weighted by atomic mass is 9.93. The number of aromatic hydroxyl groups is 1. The van der Waals surface area contributed by atoms with Crippen molar-refractivity contribution in [3.63, 3.8) is 0 Å². The van der Waals surface area contributed by atoms with Gasteiger partial charge in [0, 0.05) is 12.7 Å². The zero-order valence-corrected chi connectivity index (χ0v) is 12.1. The second kappa shape index (κ2) is 5.87. The van der Waals surface area contributed by atoms with Crippen molar-refractivity contribution in [3.05, 3.63) is 51.8 Å². The molecule has 0 aliphatic carbocycles. The number of hydrogen-bond acceptors (Lipinski definition) is 5. The number of aromatic nitrogens is 1. The number of carbonyl (C=O) groups is 1. The number of esters is 1.